The van der Waals surface area contributed by atoms with Gasteiger partial charge in [-0.2, -0.15) is 0 Å². The number of piperidine rings is 1. The smallest absolute Gasteiger partial charge is 0.221 e. The van der Waals surface area contributed by atoms with E-state index in [-0.39, 0.29) is 35.1 Å². The summed E-state index contributed by atoms with van der Waals surface area (Å²) < 4.78 is 30.1. The number of carbonyl (C=O) groups excluding carboxylic acids is 1. The van der Waals surface area contributed by atoms with E-state index in [1.165, 1.54) is 19.3 Å². The van der Waals surface area contributed by atoms with Crippen LogP contribution in [0.4, 0.5) is 0 Å². The zero-order valence-corrected chi connectivity index (χ0v) is 15.2. The third kappa shape index (κ3) is 4.80. The number of amides is 1. The van der Waals surface area contributed by atoms with Gasteiger partial charge in [-0.15, -0.1) is 0 Å². The second-order valence-electron chi connectivity index (χ2n) is 6.76. The first-order valence-electron chi connectivity index (χ1n) is 8.95. The molecule has 0 unspecified atom stereocenters. The monoisotopic (exact) mass is 366 g/mol. The molecule has 2 atom stereocenters. The molecule has 0 spiro atoms. The van der Waals surface area contributed by atoms with Crippen molar-refractivity contribution in [3.63, 3.8) is 0 Å². The summed E-state index contributed by atoms with van der Waals surface area (Å²) in [5, 5.41) is 2.98. The predicted octanol–water partition coefficient (Wildman–Crippen LogP) is 1.22. The van der Waals surface area contributed by atoms with Crippen LogP contribution < -0.4 is 5.32 Å². The molecule has 25 heavy (non-hydrogen) atoms. The number of hydrogen-bond acceptors (Lipinski definition) is 5. The SMILES string of the molecule is O=C(CCS(=O)(=O)c1ccccc1)N[C@H]1COC[C@@H]1N1CCCCC1. The quantitative estimate of drug-likeness (QED) is 0.819. The minimum Gasteiger partial charge on any atom is -0.378 e. The number of sulfone groups is 1. The van der Waals surface area contributed by atoms with E-state index in [1.54, 1.807) is 30.3 Å². The molecular weight excluding hydrogens is 340 g/mol. The number of benzene rings is 1. The standard InChI is InChI=1S/C18H26N2O4S/c21-18(9-12-25(22,23)15-7-3-1-4-8-15)19-16-13-24-14-17(16)20-10-5-2-6-11-20/h1,3-4,7-8,16-17H,2,5-6,9-14H2,(H,19,21)/t16-,17-/m0/s1. The Kier molecular flexibility index (Phi) is 6.09. The topological polar surface area (TPSA) is 75.7 Å². The molecule has 1 aromatic carbocycles. The van der Waals surface area contributed by atoms with Gasteiger partial charge in [0.2, 0.25) is 5.91 Å². The summed E-state index contributed by atoms with van der Waals surface area (Å²) in [6.07, 6.45) is 3.61. The van der Waals surface area contributed by atoms with E-state index in [0.29, 0.717) is 13.2 Å². The van der Waals surface area contributed by atoms with E-state index in [9.17, 15) is 13.2 Å². The van der Waals surface area contributed by atoms with Crippen LogP contribution in [-0.4, -0.2) is 63.4 Å². The van der Waals surface area contributed by atoms with E-state index in [1.807, 2.05) is 0 Å². The molecule has 6 nitrogen and oxygen atoms in total. The Hall–Kier alpha value is -1.44. The van der Waals surface area contributed by atoms with Crippen LogP contribution >= 0.6 is 0 Å². The molecule has 2 fully saturated rings. The first kappa shape index (κ1) is 18.4. The Balaban J connectivity index is 1.52. The van der Waals surface area contributed by atoms with Gasteiger partial charge in [-0.3, -0.25) is 9.69 Å². The van der Waals surface area contributed by atoms with Crippen molar-refractivity contribution in [3.05, 3.63) is 30.3 Å². The molecule has 2 heterocycles. The Morgan fingerprint density at radius 2 is 1.84 bits per heavy atom. The fourth-order valence-electron chi connectivity index (χ4n) is 3.54. The summed E-state index contributed by atoms with van der Waals surface area (Å²) >= 11 is 0. The molecule has 0 aromatic heterocycles. The predicted molar refractivity (Wildman–Crippen MR) is 95.1 cm³/mol. The van der Waals surface area contributed by atoms with Crippen LogP contribution in [0.2, 0.25) is 0 Å². The number of nitrogens with one attached hydrogen (secondary N) is 1. The lowest BCUT2D eigenvalue weighted by molar-refractivity contribution is -0.121. The second kappa shape index (κ2) is 8.29. The molecule has 0 radical (unpaired) electrons. The number of likely N-dealkylation sites (tertiary alicyclic amines) is 1. The molecule has 1 aromatic rings. The lowest BCUT2D eigenvalue weighted by Gasteiger charge is -2.34. The number of rotatable bonds is 6. The van der Waals surface area contributed by atoms with Crippen molar-refractivity contribution in [1.29, 1.82) is 0 Å². The van der Waals surface area contributed by atoms with Gasteiger partial charge in [-0.05, 0) is 38.1 Å². The van der Waals surface area contributed by atoms with Crippen molar-refractivity contribution < 1.29 is 17.9 Å². The molecule has 2 aliphatic heterocycles. The summed E-state index contributed by atoms with van der Waals surface area (Å²) in [5.74, 6) is -0.401. The third-order valence-electron chi connectivity index (χ3n) is 4.96. The number of carbonyl (C=O) groups is 1. The van der Waals surface area contributed by atoms with E-state index in [4.69, 9.17) is 4.74 Å². The van der Waals surface area contributed by atoms with E-state index < -0.39 is 9.84 Å². The maximum atomic E-state index is 12.3. The van der Waals surface area contributed by atoms with Crippen LogP contribution in [-0.2, 0) is 19.4 Å². The average Bonchev–Trinajstić information content (AvgIpc) is 3.10. The van der Waals surface area contributed by atoms with Gasteiger partial charge in [0.05, 0.1) is 35.9 Å². The molecule has 2 aliphatic rings. The molecular formula is C18H26N2O4S. The molecule has 0 aliphatic carbocycles. The van der Waals surface area contributed by atoms with Gasteiger partial charge in [0.1, 0.15) is 0 Å². The van der Waals surface area contributed by atoms with Gasteiger partial charge in [0.15, 0.2) is 9.84 Å². The molecule has 2 saturated heterocycles. The molecule has 7 heteroatoms. The van der Waals surface area contributed by atoms with E-state index in [2.05, 4.69) is 10.2 Å². The van der Waals surface area contributed by atoms with Gasteiger partial charge < -0.3 is 10.1 Å². The van der Waals surface area contributed by atoms with Crippen LogP contribution in [0.15, 0.2) is 35.2 Å². The van der Waals surface area contributed by atoms with Gasteiger partial charge >= 0.3 is 0 Å². The minimum atomic E-state index is -3.43. The highest BCUT2D eigenvalue weighted by Crippen LogP contribution is 2.19. The molecule has 138 valence electrons. The Labute approximate surface area is 149 Å². The average molecular weight is 366 g/mol. The van der Waals surface area contributed by atoms with E-state index >= 15 is 0 Å². The van der Waals surface area contributed by atoms with Crippen LogP contribution in [0, 0.1) is 0 Å². The summed E-state index contributed by atoms with van der Waals surface area (Å²) in [5.41, 5.74) is 0. The number of ether oxygens (including phenoxy) is 1. The zero-order valence-electron chi connectivity index (χ0n) is 14.4. The summed E-state index contributed by atoms with van der Waals surface area (Å²) in [7, 11) is -3.43. The minimum absolute atomic E-state index is 0.0273. The Bertz CT molecular complexity index is 672. The lowest BCUT2D eigenvalue weighted by Crippen LogP contribution is -2.52. The molecule has 0 bridgehead atoms. The second-order valence-corrected chi connectivity index (χ2v) is 8.87. The molecule has 3 rings (SSSR count). The molecule has 1 N–H and O–H groups in total. The first-order valence-corrected chi connectivity index (χ1v) is 10.6. The first-order chi connectivity index (χ1) is 12.1. The maximum Gasteiger partial charge on any atom is 0.221 e. The summed E-state index contributed by atoms with van der Waals surface area (Å²) in [6, 6.07) is 8.42. The largest absolute Gasteiger partial charge is 0.378 e. The number of nitrogens with zero attached hydrogens (tertiary/aromatic N) is 1. The van der Waals surface area contributed by atoms with Crippen molar-refractivity contribution in [2.75, 3.05) is 32.1 Å². The molecule has 1 amide bonds. The Morgan fingerprint density at radius 1 is 1.12 bits per heavy atom. The van der Waals surface area contributed by atoms with Gasteiger partial charge in [0, 0.05) is 6.42 Å². The maximum absolute atomic E-state index is 12.3. The Morgan fingerprint density at radius 3 is 2.56 bits per heavy atom. The van der Waals surface area contributed by atoms with Gasteiger partial charge in [-0.25, -0.2) is 8.42 Å². The highest BCUT2D eigenvalue weighted by Gasteiger charge is 2.34. The normalized spacial score (nSPS) is 25.0. The van der Waals surface area contributed by atoms with Gasteiger partial charge in [-0.1, -0.05) is 24.6 Å². The van der Waals surface area contributed by atoms with E-state index in [0.717, 1.165) is 13.1 Å². The fraction of sp³-hybridized carbons (Fsp3) is 0.611. The highest BCUT2D eigenvalue weighted by atomic mass is 32.2. The van der Waals surface area contributed by atoms with Crippen molar-refractivity contribution >= 4 is 15.7 Å². The highest BCUT2D eigenvalue weighted by molar-refractivity contribution is 7.91. The fourth-order valence-corrected chi connectivity index (χ4v) is 4.80. The lowest BCUT2D eigenvalue weighted by atomic mass is 10.0. The zero-order chi connectivity index (χ0) is 17.7. The van der Waals surface area contributed by atoms with Gasteiger partial charge in [0.25, 0.3) is 0 Å². The number of hydrogen-bond donors (Lipinski definition) is 1. The third-order valence-corrected chi connectivity index (χ3v) is 6.69. The van der Waals surface area contributed by atoms with Crippen molar-refractivity contribution in [2.45, 2.75) is 42.7 Å². The summed E-state index contributed by atoms with van der Waals surface area (Å²) in [6.45, 7) is 3.22. The van der Waals surface area contributed by atoms with Crippen molar-refractivity contribution in [1.82, 2.24) is 10.2 Å². The van der Waals surface area contributed by atoms with Crippen molar-refractivity contribution in [2.24, 2.45) is 0 Å². The van der Waals surface area contributed by atoms with Crippen LogP contribution in [0.1, 0.15) is 25.7 Å². The molecule has 0 saturated carbocycles. The summed E-state index contributed by atoms with van der Waals surface area (Å²) in [4.78, 5) is 14.9. The van der Waals surface area contributed by atoms with Crippen molar-refractivity contribution in [3.8, 4) is 0 Å². The van der Waals surface area contributed by atoms with Crippen LogP contribution in [0.25, 0.3) is 0 Å². The van der Waals surface area contributed by atoms with Crippen LogP contribution in [0.3, 0.4) is 0 Å². The van der Waals surface area contributed by atoms with Crippen LogP contribution in [0.5, 0.6) is 0 Å².